The molecule has 2 N–H and O–H groups in total. The number of hydrogen-bond donors (Lipinski definition) is 2. The minimum absolute atomic E-state index is 0.0102. The fraction of sp³-hybridized carbons (Fsp3) is 0.750. The lowest BCUT2D eigenvalue weighted by molar-refractivity contribution is -0.00741. The van der Waals surface area contributed by atoms with Crippen LogP contribution < -0.4 is 10.9 Å². The Kier molecular flexibility index (Phi) is 2.78. The Morgan fingerprint density at radius 1 is 1.25 bits per heavy atom. The van der Waals surface area contributed by atoms with Crippen molar-refractivity contribution in [2.75, 3.05) is 7.05 Å². The van der Waals surface area contributed by atoms with Gasteiger partial charge in [0.05, 0.1) is 12.2 Å². The second kappa shape index (κ2) is 4.42. The molecule has 0 aliphatic heterocycles. The lowest BCUT2D eigenvalue weighted by atomic mass is 9.49. The standard InChI is InChI=1S/C16H23N3O/c1-17-9-14-18-13(5-15(20)19-14)16-6-10-2-11(7-16)4-12(3-10)8-16/h5,10-12,17H,2-4,6-9H2,1H3,(H,18,19,20). The van der Waals surface area contributed by atoms with E-state index in [1.165, 1.54) is 38.5 Å². The van der Waals surface area contributed by atoms with Crippen molar-refractivity contribution in [1.82, 2.24) is 15.3 Å². The lowest BCUT2D eigenvalue weighted by Gasteiger charge is -2.56. The van der Waals surface area contributed by atoms with E-state index in [0.717, 1.165) is 29.3 Å². The molecule has 1 aromatic rings. The summed E-state index contributed by atoms with van der Waals surface area (Å²) in [5.41, 5.74) is 1.30. The smallest absolute Gasteiger partial charge is 0.251 e. The van der Waals surface area contributed by atoms with Gasteiger partial charge in [-0.1, -0.05) is 0 Å². The van der Waals surface area contributed by atoms with Crippen LogP contribution in [0.4, 0.5) is 0 Å². The lowest BCUT2D eigenvalue weighted by Crippen LogP contribution is -2.49. The summed E-state index contributed by atoms with van der Waals surface area (Å²) in [6.07, 6.45) is 8.04. The van der Waals surface area contributed by atoms with Gasteiger partial charge in [0.25, 0.3) is 5.56 Å². The predicted octanol–water partition coefficient (Wildman–Crippen LogP) is 1.96. The third-order valence-electron chi connectivity index (χ3n) is 5.72. The Morgan fingerprint density at radius 3 is 2.40 bits per heavy atom. The van der Waals surface area contributed by atoms with Crippen LogP contribution in [0.5, 0.6) is 0 Å². The first kappa shape index (κ1) is 12.6. The number of nitrogens with zero attached hydrogens (tertiary/aromatic N) is 1. The first-order chi connectivity index (χ1) is 9.67. The molecule has 1 heterocycles. The molecule has 0 atom stereocenters. The van der Waals surface area contributed by atoms with Gasteiger partial charge in [0.1, 0.15) is 5.82 Å². The van der Waals surface area contributed by atoms with E-state index in [1.54, 1.807) is 6.07 Å². The van der Waals surface area contributed by atoms with E-state index in [4.69, 9.17) is 4.98 Å². The van der Waals surface area contributed by atoms with E-state index in [0.29, 0.717) is 6.54 Å². The molecule has 4 saturated carbocycles. The summed E-state index contributed by atoms with van der Waals surface area (Å²) in [5, 5.41) is 3.08. The van der Waals surface area contributed by atoms with E-state index >= 15 is 0 Å². The molecule has 5 rings (SSSR count). The van der Waals surface area contributed by atoms with Crippen LogP contribution in [0.15, 0.2) is 10.9 Å². The maximum Gasteiger partial charge on any atom is 0.251 e. The van der Waals surface area contributed by atoms with Gasteiger partial charge < -0.3 is 10.3 Å². The maximum atomic E-state index is 12.0. The van der Waals surface area contributed by atoms with E-state index in [1.807, 2.05) is 7.05 Å². The van der Waals surface area contributed by atoms with E-state index in [9.17, 15) is 4.79 Å². The quantitative estimate of drug-likeness (QED) is 0.885. The third-order valence-corrected chi connectivity index (χ3v) is 5.72. The average molecular weight is 273 g/mol. The topological polar surface area (TPSA) is 57.8 Å². The average Bonchev–Trinajstić information content (AvgIpc) is 2.36. The number of H-pyrrole nitrogens is 1. The fourth-order valence-electron chi connectivity index (χ4n) is 5.46. The van der Waals surface area contributed by atoms with Crippen LogP contribution in [0.3, 0.4) is 0 Å². The molecule has 0 saturated heterocycles. The normalized spacial score (nSPS) is 38.4. The van der Waals surface area contributed by atoms with Crippen LogP contribution in [-0.4, -0.2) is 17.0 Å². The number of nitrogens with one attached hydrogen (secondary N) is 2. The number of hydrogen-bond acceptors (Lipinski definition) is 3. The summed E-state index contributed by atoms with van der Waals surface area (Å²) in [6.45, 7) is 0.634. The van der Waals surface area contributed by atoms with Crippen molar-refractivity contribution in [2.45, 2.75) is 50.5 Å². The Bertz CT molecular complexity index is 542. The number of aromatic nitrogens is 2. The van der Waals surface area contributed by atoms with Gasteiger partial charge in [0, 0.05) is 11.5 Å². The molecule has 0 spiro atoms. The largest absolute Gasteiger partial charge is 0.313 e. The number of aromatic amines is 1. The van der Waals surface area contributed by atoms with Crippen molar-refractivity contribution in [1.29, 1.82) is 0 Å². The summed E-state index contributed by atoms with van der Waals surface area (Å²) < 4.78 is 0. The van der Waals surface area contributed by atoms with Gasteiger partial charge in [0.2, 0.25) is 0 Å². The van der Waals surface area contributed by atoms with E-state index in [2.05, 4.69) is 10.3 Å². The highest BCUT2D eigenvalue weighted by Crippen LogP contribution is 2.60. The molecule has 0 aromatic carbocycles. The molecule has 4 nitrogen and oxygen atoms in total. The van der Waals surface area contributed by atoms with Gasteiger partial charge in [0.15, 0.2) is 0 Å². The molecule has 0 radical (unpaired) electrons. The molecule has 4 heteroatoms. The van der Waals surface area contributed by atoms with Crippen LogP contribution in [0.1, 0.15) is 50.0 Å². The van der Waals surface area contributed by atoms with E-state index in [-0.39, 0.29) is 11.0 Å². The Morgan fingerprint density at radius 2 is 1.85 bits per heavy atom. The first-order valence-corrected chi connectivity index (χ1v) is 7.92. The summed E-state index contributed by atoms with van der Waals surface area (Å²) in [7, 11) is 1.89. The Balaban J connectivity index is 1.75. The molecule has 20 heavy (non-hydrogen) atoms. The van der Waals surface area contributed by atoms with Crippen LogP contribution in [-0.2, 0) is 12.0 Å². The predicted molar refractivity (Wildman–Crippen MR) is 77.5 cm³/mol. The zero-order chi connectivity index (χ0) is 13.7. The highest BCUT2D eigenvalue weighted by atomic mass is 16.1. The van der Waals surface area contributed by atoms with E-state index < -0.39 is 0 Å². The van der Waals surface area contributed by atoms with Crippen molar-refractivity contribution < 1.29 is 0 Å². The van der Waals surface area contributed by atoms with Crippen LogP contribution >= 0.6 is 0 Å². The summed E-state index contributed by atoms with van der Waals surface area (Å²) in [6, 6.07) is 1.77. The van der Waals surface area contributed by atoms with Crippen LogP contribution in [0.25, 0.3) is 0 Å². The second-order valence-corrected chi connectivity index (χ2v) is 7.31. The molecule has 4 aliphatic rings. The van der Waals surface area contributed by atoms with Crippen molar-refractivity contribution >= 4 is 0 Å². The molecule has 1 aromatic heterocycles. The molecule has 4 fully saturated rings. The molecule has 4 aliphatic carbocycles. The summed E-state index contributed by atoms with van der Waals surface area (Å²) in [5.74, 6) is 3.44. The summed E-state index contributed by atoms with van der Waals surface area (Å²) >= 11 is 0. The van der Waals surface area contributed by atoms with Gasteiger partial charge in [-0.3, -0.25) is 4.79 Å². The molecular formula is C16H23N3O. The van der Waals surface area contributed by atoms with Crippen LogP contribution in [0.2, 0.25) is 0 Å². The molecule has 4 bridgehead atoms. The molecular weight excluding hydrogens is 250 g/mol. The Hall–Kier alpha value is -1.16. The Labute approximate surface area is 119 Å². The third kappa shape index (κ3) is 1.93. The second-order valence-electron chi connectivity index (χ2n) is 7.31. The van der Waals surface area contributed by atoms with Crippen molar-refractivity contribution in [3.05, 3.63) is 27.9 Å². The molecule has 108 valence electrons. The number of rotatable bonds is 3. The van der Waals surface area contributed by atoms with Crippen molar-refractivity contribution in [3.63, 3.8) is 0 Å². The first-order valence-electron chi connectivity index (χ1n) is 7.92. The minimum Gasteiger partial charge on any atom is -0.313 e. The van der Waals surface area contributed by atoms with Gasteiger partial charge in [-0.25, -0.2) is 4.98 Å². The summed E-state index contributed by atoms with van der Waals surface area (Å²) in [4.78, 5) is 19.6. The SMILES string of the molecule is CNCc1nc(C23CC4CC(CC(C4)C2)C3)cc(=O)[nH]1. The van der Waals surface area contributed by atoms with Crippen LogP contribution in [0, 0.1) is 17.8 Å². The van der Waals surface area contributed by atoms with Crippen molar-refractivity contribution in [3.8, 4) is 0 Å². The zero-order valence-corrected chi connectivity index (χ0v) is 12.1. The molecule has 0 amide bonds. The van der Waals surface area contributed by atoms with Gasteiger partial charge in [-0.15, -0.1) is 0 Å². The molecule has 0 unspecified atom stereocenters. The van der Waals surface area contributed by atoms with Gasteiger partial charge in [-0.2, -0.15) is 0 Å². The van der Waals surface area contributed by atoms with Crippen molar-refractivity contribution in [2.24, 2.45) is 17.8 Å². The zero-order valence-electron chi connectivity index (χ0n) is 12.1. The monoisotopic (exact) mass is 273 g/mol. The van der Waals surface area contributed by atoms with Gasteiger partial charge >= 0.3 is 0 Å². The highest BCUT2D eigenvalue weighted by molar-refractivity contribution is 5.22. The minimum atomic E-state index is 0.0102. The van der Waals surface area contributed by atoms with Gasteiger partial charge in [-0.05, 0) is 63.3 Å². The maximum absolute atomic E-state index is 12.0. The highest BCUT2D eigenvalue weighted by Gasteiger charge is 2.52. The fourth-order valence-corrected chi connectivity index (χ4v) is 5.46.